The fourth-order valence-electron chi connectivity index (χ4n) is 3.08. The predicted molar refractivity (Wildman–Crippen MR) is 111 cm³/mol. The molecule has 0 radical (unpaired) electrons. The van der Waals surface area contributed by atoms with Gasteiger partial charge in [0.2, 0.25) is 26.0 Å². The van der Waals surface area contributed by atoms with Crippen molar-refractivity contribution in [2.75, 3.05) is 30.8 Å². The van der Waals surface area contributed by atoms with Gasteiger partial charge >= 0.3 is 0 Å². The molecule has 1 heterocycles. The number of methoxy groups -OCH3 is 2. The van der Waals surface area contributed by atoms with Crippen LogP contribution in [0.15, 0.2) is 47.4 Å². The summed E-state index contributed by atoms with van der Waals surface area (Å²) in [5.41, 5.74) is 0.991. The minimum absolute atomic E-state index is 0.0254. The van der Waals surface area contributed by atoms with Crippen LogP contribution in [-0.2, 0) is 31.3 Å². The number of nitrogens with zero attached hydrogens (tertiary/aromatic N) is 1. The van der Waals surface area contributed by atoms with Gasteiger partial charge < -0.3 is 9.47 Å². The van der Waals surface area contributed by atoms with Crippen molar-refractivity contribution in [1.82, 2.24) is 4.72 Å². The van der Waals surface area contributed by atoms with E-state index in [1.807, 2.05) is 6.07 Å². The zero-order valence-electron chi connectivity index (χ0n) is 16.5. The van der Waals surface area contributed by atoms with Gasteiger partial charge in [0.15, 0.2) is 11.5 Å². The summed E-state index contributed by atoms with van der Waals surface area (Å²) in [6.45, 7) is 0.151. The maximum absolute atomic E-state index is 12.5. The van der Waals surface area contributed by atoms with Gasteiger partial charge in [0.1, 0.15) is 0 Å². The summed E-state index contributed by atoms with van der Waals surface area (Å²) in [7, 11) is -4.44. The minimum Gasteiger partial charge on any atom is -0.493 e. The Morgan fingerprint density at radius 2 is 1.70 bits per heavy atom. The smallest absolute Gasteiger partial charge is 0.242 e. The van der Waals surface area contributed by atoms with E-state index in [0.717, 1.165) is 5.56 Å². The molecule has 9 nitrogen and oxygen atoms in total. The molecular weight excluding hydrogens is 432 g/mol. The fraction of sp³-hybridized carbons (Fsp3) is 0.316. The van der Waals surface area contributed by atoms with Crippen molar-refractivity contribution in [3.05, 3.63) is 48.0 Å². The van der Waals surface area contributed by atoms with Crippen LogP contribution >= 0.6 is 0 Å². The molecule has 30 heavy (non-hydrogen) atoms. The lowest BCUT2D eigenvalue weighted by Crippen LogP contribution is -2.29. The summed E-state index contributed by atoms with van der Waals surface area (Å²) in [4.78, 5) is 11.8. The van der Waals surface area contributed by atoms with E-state index in [4.69, 9.17) is 9.47 Å². The highest BCUT2D eigenvalue weighted by Crippen LogP contribution is 2.28. The number of hydrogen-bond acceptors (Lipinski definition) is 7. The SMILES string of the molecule is COc1ccc(CCNS(=O)(=O)c2ccc(N3C(=O)CCS3(=O)=O)cc2)cc1OC. The highest BCUT2D eigenvalue weighted by Gasteiger charge is 2.36. The minimum atomic E-state index is -3.80. The van der Waals surface area contributed by atoms with Crippen LogP contribution in [0.25, 0.3) is 0 Å². The second kappa shape index (κ2) is 8.62. The van der Waals surface area contributed by atoms with Gasteiger partial charge in [-0.05, 0) is 48.4 Å². The average Bonchev–Trinajstić information content (AvgIpc) is 3.00. The quantitative estimate of drug-likeness (QED) is 0.638. The van der Waals surface area contributed by atoms with Gasteiger partial charge in [-0.15, -0.1) is 0 Å². The molecule has 0 aromatic heterocycles. The van der Waals surface area contributed by atoms with E-state index in [0.29, 0.717) is 22.2 Å². The summed E-state index contributed by atoms with van der Waals surface area (Å²) in [5.74, 6) is 0.364. The predicted octanol–water partition coefficient (Wildman–Crippen LogP) is 1.29. The van der Waals surface area contributed by atoms with Gasteiger partial charge in [-0.1, -0.05) is 6.07 Å². The molecule has 1 fully saturated rings. The molecule has 1 saturated heterocycles. The Hall–Kier alpha value is -2.63. The zero-order chi connectivity index (χ0) is 21.9. The number of anilines is 1. The van der Waals surface area contributed by atoms with Crippen LogP contribution in [0.3, 0.4) is 0 Å². The molecular formula is C19H22N2O7S2. The number of rotatable bonds is 8. The molecule has 1 N–H and O–H groups in total. The first-order chi connectivity index (χ1) is 14.2. The van der Waals surface area contributed by atoms with Gasteiger partial charge in [0.25, 0.3) is 0 Å². The highest BCUT2D eigenvalue weighted by molar-refractivity contribution is 7.94. The van der Waals surface area contributed by atoms with Crippen molar-refractivity contribution in [1.29, 1.82) is 0 Å². The molecule has 0 unspecified atom stereocenters. The number of amides is 1. The maximum atomic E-state index is 12.5. The van der Waals surface area contributed by atoms with E-state index in [1.165, 1.54) is 38.5 Å². The monoisotopic (exact) mass is 454 g/mol. The Balaban J connectivity index is 1.67. The van der Waals surface area contributed by atoms with Crippen LogP contribution in [0.1, 0.15) is 12.0 Å². The van der Waals surface area contributed by atoms with Crippen LogP contribution in [0.4, 0.5) is 5.69 Å². The van der Waals surface area contributed by atoms with Crippen molar-refractivity contribution < 1.29 is 31.1 Å². The normalized spacial score (nSPS) is 15.9. The average molecular weight is 455 g/mol. The van der Waals surface area contributed by atoms with E-state index in [1.54, 1.807) is 12.1 Å². The fourth-order valence-corrected chi connectivity index (χ4v) is 5.57. The van der Waals surface area contributed by atoms with Crippen LogP contribution in [-0.4, -0.2) is 49.3 Å². The lowest BCUT2D eigenvalue weighted by Gasteiger charge is -2.15. The molecule has 0 saturated carbocycles. The molecule has 0 atom stereocenters. The second-order valence-corrected chi connectivity index (χ2v) is 10.3. The number of sulfonamides is 2. The summed E-state index contributed by atoms with van der Waals surface area (Å²) in [6.07, 6.45) is 0.346. The van der Waals surface area contributed by atoms with Gasteiger partial charge in [-0.3, -0.25) is 4.79 Å². The molecule has 11 heteroatoms. The number of carbonyl (C=O) groups is 1. The van der Waals surface area contributed by atoms with Crippen LogP contribution in [0.5, 0.6) is 11.5 Å². The number of ether oxygens (including phenoxy) is 2. The van der Waals surface area contributed by atoms with Crippen LogP contribution < -0.4 is 18.5 Å². The Labute approximate surface area is 175 Å². The standard InChI is InChI=1S/C19H22N2O7S2/c1-27-17-8-3-14(13-18(17)28-2)9-11-20-30(25,26)16-6-4-15(5-7-16)21-19(22)10-12-29(21,23)24/h3-8,13,20H,9-12H2,1-2H3. The van der Waals surface area contributed by atoms with Crippen molar-refractivity contribution >= 4 is 31.6 Å². The second-order valence-electron chi connectivity index (χ2n) is 6.56. The van der Waals surface area contributed by atoms with Crippen molar-refractivity contribution in [2.45, 2.75) is 17.7 Å². The molecule has 0 aliphatic carbocycles. The van der Waals surface area contributed by atoms with E-state index < -0.39 is 26.0 Å². The first-order valence-corrected chi connectivity index (χ1v) is 12.1. The van der Waals surface area contributed by atoms with Gasteiger partial charge in [-0.2, -0.15) is 0 Å². The molecule has 3 rings (SSSR count). The molecule has 0 bridgehead atoms. The van der Waals surface area contributed by atoms with Gasteiger partial charge in [0, 0.05) is 13.0 Å². The van der Waals surface area contributed by atoms with E-state index in [2.05, 4.69) is 4.72 Å². The number of benzene rings is 2. The zero-order valence-corrected chi connectivity index (χ0v) is 18.1. The molecule has 0 spiro atoms. The molecule has 2 aromatic rings. The van der Waals surface area contributed by atoms with Gasteiger partial charge in [-0.25, -0.2) is 25.9 Å². The summed E-state index contributed by atoms with van der Waals surface area (Å²) >= 11 is 0. The number of nitrogens with one attached hydrogen (secondary N) is 1. The Morgan fingerprint density at radius 3 is 2.27 bits per heavy atom. The lowest BCUT2D eigenvalue weighted by atomic mass is 10.1. The van der Waals surface area contributed by atoms with E-state index in [9.17, 15) is 21.6 Å². The molecule has 1 aliphatic heterocycles. The largest absolute Gasteiger partial charge is 0.493 e. The third-order valence-electron chi connectivity index (χ3n) is 4.61. The van der Waals surface area contributed by atoms with Crippen molar-refractivity contribution in [3.8, 4) is 11.5 Å². The molecule has 162 valence electrons. The Morgan fingerprint density at radius 1 is 1.03 bits per heavy atom. The summed E-state index contributed by atoms with van der Waals surface area (Å²) < 4.78 is 62.6. The van der Waals surface area contributed by atoms with Crippen LogP contribution in [0.2, 0.25) is 0 Å². The topological polar surface area (TPSA) is 119 Å². The number of carbonyl (C=O) groups excluding carboxylic acids is 1. The number of hydrogen-bond donors (Lipinski definition) is 1. The van der Waals surface area contributed by atoms with Crippen molar-refractivity contribution in [2.24, 2.45) is 0 Å². The third-order valence-corrected chi connectivity index (χ3v) is 7.78. The Bertz CT molecular complexity index is 1140. The van der Waals surface area contributed by atoms with Gasteiger partial charge in [0.05, 0.1) is 30.6 Å². The van der Waals surface area contributed by atoms with E-state index >= 15 is 0 Å². The lowest BCUT2D eigenvalue weighted by molar-refractivity contribution is -0.116. The van der Waals surface area contributed by atoms with E-state index in [-0.39, 0.29) is 29.3 Å². The third kappa shape index (κ3) is 4.58. The molecule has 1 aliphatic rings. The first kappa shape index (κ1) is 22.1. The summed E-state index contributed by atoms with van der Waals surface area (Å²) in [6, 6.07) is 10.5. The maximum Gasteiger partial charge on any atom is 0.242 e. The Kier molecular flexibility index (Phi) is 6.34. The molecule has 1 amide bonds. The summed E-state index contributed by atoms with van der Waals surface area (Å²) in [5, 5.41) is 0. The van der Waals surface area contributed by atoms with Crippen molar-refractivity contribution in [3.63, 3.8) is 0 Å². The van der Waals surface area contributed by atoms with Crippen LogP contribution in [0, 0.1) is 0 Å². The highest BCUT2D eigenvalue weighted by atomic mass is 32.2. The molecule has 2 aromatic carbocycles. The first-order valence-electron chi connectivity index (χ1n) is 9.04.